The van der Waals surface area contributed by atoms with E-state index in [2.05, 4.69) is 4.72 Å². The molecule has 0 saturated heterocycles. The molecule has 0 fully saturated rings. The molecule has 0 amide bonds. The van der Waals surface area contributed by atoms with Crippen molar-refractivity contribution in [1.82, 2.24) is 4.72 Å². The monoisotopic (exact) mass is 319 g/mol. The van der Waals surface area contributed by atoms with Crippen LogP contribution in [0.2, 0.25) is 0 Å². The third kappa shape index (κ3) is 4.94. The van der Waals surface area contributed by atoms with Crippen molar-refractivity contribution >= 4 is 10.0 Å². The molecule has 120 valence electrons. The van der Waals surface area contributed by atoms with E-state index < -0.39 is 10.0 Å². The molecule has 8 heteroatoms. The van der Waals surface area contributed by atoms with Gasteiger partial charge in [0.15, 0.2) is 0 Å². The molecule has 7 nitrogen and oxygen atoms in total. The third-order valence-corrected chi connectivity index (χ3v) is 4.35. The molecule has 0 aliphatic carbocycles. The SMILES string of the molecule is COCC(CNS(=O)(=O)c1ccc(CO)cc1OC)OC. The molecule has 0 saturated carbocycles. The van der Waals surface area contributed by atoms with Gasteiger partial charge in [-0.1, -0.05) is 6.07 Å². The predicted octanol–water partition coefficient (Wildman–Crippen LogP) is 0.127. The van der Waals surface area contributed by atoms with Gasteiger partial charge in [0.1, 0.15) is 10.6 Å². The first-order chi connectivity index (χ1) is 9.98. The van der Waals surface area contributed by atoms with Crippen LogP contribution < -0.4 is 9.46 Å². The van der Waals surface area contributed by atoms with Gasteiger partial charge < -0.3 is 19.3 Å². The molecule has 1 atom stereocenters. The van der Waals surface area contributed by atoms with Crippen LogP contribution in [0.5, 0.6) is 5.75 Å². The molecule has 0 aliphatic heterocycles. The van der Waals surface area contributed by atoms with Crippen LogP contribution >= 0.6 is 0 Å². The van der Waals surface area contributed by atoms with E-state index in [1.165, 1.54) is 39.5 Å². The quantitative estimate of drug-likeness (QED) is 0.672. The predicted molar refractivity (Wildman–Crippen MR) is 76.8 cm³/mol. The summed E-state index contributed by atoms with van der Waals surface area (Å²) in [5.41, 5.74) is 0.569. The van der Waals surface area contributed by atoms with Crippen LogP contribution in [0.15, 0.2) is 23.1 Å². The van der Waals surface area contributed by atoms with E-state index in [1.54, 1.807) is 0 Å². The van der Waals surface area contributed by atoms with Crippen molar-refractivity contribution in [2.75, 3.05) is 34.5 Å². The molecular weight excluding hydrogens is 298 g/mol. The average Bonchev–Trinajstić information content (AvgIpc) is 2.50. The largest absolute Gasteiger partial charge is 0.495 e. The van der Waals surface area contributed by atoms with Gasteiger partial charge in [0.05, 0.1) is 26.4 Å². The fourth-order valence-electron chi connectivity index (χ4n) is 1.71. The summed E-state index contributed by atoms with van der Waals surface area (Å²) >= 11 is 0. The van der Waals surface area contributed by atoms with E-state index in [4.69, 9.17) is 19.3 Å². The molecule has 1 aromatic rings. The molecule has 0 spiro atoms. The number of methoxy groups -OCH3 is 3. The summed E-state index contributed by atoms with van der Waals surface area (Å²) in [6, 6.07) is 4.41. The van der Waals surface area contributed by atoms with Gasteiger partial charge in [-0.25, -0.2) is 13.1 Å². The second-order valence-corrected chi connectivity index (χ2v) is 6.04. The smallest absolute Gasteiger partial charge is 0.244 e. The van der Waals surface area contributed by atoms with E-state index in [9.17, 15) is 8.42 Å². The average molecular weight is 319 g/mol. The second-order valence-electron chi connectivity index (χ2n) is 4.31. The van der Waals surface area contributed by atoms with Crippen molar-refractivity contribution in [2.45, 2.75) is 17.6 Å². The van der Waals surface area contributed by atoms with Gasteiger partial charge in [-0.2, -0.15) is 0 Å². The first-order valence-electron chi connectivity index (χ1n) is 6.27. The molecule has 0 heterocycles. The van der Waals surface area contributed by atoms with Crippen LogP contribution in [0.4, 0.5) is 0 Å². The lowest BCUT2D eigenvalue weighted by Crippen LogP contribution is -2.35. The Morgan fingerprint density at radius 3 is 2.52 bits per heavy atom. The third-order valence-electron chi connectivity index (χ3n) is 2.89. The van der Waals surface area contributed by atoms with E-state index in [0.29, 0.717) is 5.56 Å². The lowest BCUT2D eigenvalue weighted by molar-refractivity contribution is 0.0320. The molecule has 2 N–H and O–H groups in total. The number of ether oxygens (including phenoxy) is 3. The number of hydrogen-bond acceptors (Lipinski definition) is 6. The molecule has 1 rings (SSSR count). The van der Waals surface area contributed by atoms with Crippen molar-refractivity contribution in [2.24, 2.45) is 0 Å². The molecule has 0 aliphatic rings. The molecule has 0 aromatic heterocycles. The molecule has 21 heavy (non-hydrogen) atoms. The molecule has 1 aromatic carbocycles. The maximum Gasteiger partial charge on any atom is 0.244 e. The molecule has 1 unspecified atom stereocenters. The minimum absolute atomic E-state index is 0.00877. The van der Waals surface area contributed by atoms with E-state index in [1.807, 2.05) is 0 Å². The number of aliphatic hydroxyl groups is 1. The highest BCUT2D eigenvalue weighted by Gasteiger charge is 2.21. The standard InChI is InChI=1S/C13H21NO6S/c1-18-9-11(19-2)7-14-21(16,17)13-5-4-10(8-15)6-12(13)20-3/h4-6,11,14-15H,7-9H2,1-3H3. The topological polar surface area (TPSA) is 94.1 Å². The van der Waals surface area contributed by atoms with Crippen LogP contribution in [0.1, 0.15) is 5.56 Å². The zero-order valence-corrected chi connectivity index (χ0v) is 13.1. The Morgan fingerprint density at radius 2 is 2.00 bits per heavy atom. The summed E-state index contributed by atoms with van der Waals surface area (Å²) in [6.45, 7) is 0.168. The highest BCUT2D eigenvalue weighted by atomic mass is 32.2. The molecule has 0 radical (unpaired) electrons. The Kier molecular flexibility index (Phi) is 7.06. The van der Waals surface area contributed by atoms with E-state index in [-0.39, 0.29) is 36.5 Å². The maximum atomic E-state index is 12.3. The number of rotatable bonds is 9. The summed E-state index contributed by atoms with van der Waals surface area (Å²) in [4.78, 5) is 0.00877. The van der Waals surface area contributed by atoms with Gasteiger partial charge in [0.25, 0.3) is 0 Å². The molecule has 0 bridgehead atoms. The summed E-state index contributed by atoms with van der Waals surface area (Å²) in [5, 5.41) is 9.07. The Morgan fingerprint density at radius 1 is 1.29 bits per heavy atom. The number of benzene rings is 1. The number of nitrogens with one attached hydrogen (secondary N) is 1. The van der Waals surface area contributed by atoms with Gasteiger partial charge >= 0.3 is 0 Å². The zero-order valence-electron chi connectivity index (χ0n) is 12.3. The maximum absolute atomic E-state index is 12.3. The summed E-state index contributed by atoms with van der Waals surface area (Å²) in [5.74, 6) is 0.176. The van der Waals surface area contributed by atoms with Gasteiger partial charge in [-0.3, -0.25) is 0 Å². The van der Waals surface area contributed by atoms with Crippen molar-refractivity contribution < 1.29 is 27.7 Å². The first kappa shape index (κ1) is 17.9. The lowest BCUT2D eigenvalue weighted by Gasteiger charge is -2.16. The van der Waals surface area contributed by atoms with Crippen LogP contribution in [0.3, 0.4) is 0 Å². The lowest BCUT2D eigenvalue weighted by atomic mass is 10.2. The van der Waals surface area contributed by atoms with Crippen molar-refractivity contribution in [3.63, 3.8) is 0 Å². The fourth-order valence-corrected chi connectivity index (χ4v) is 2.92. The zero-order chi connectivity index (χ0) is 15.9. The van der Waals surface area contributed by atoms with Crippen LogP contribution in [0.25, 0.3) is 0 Å². The Hall–Kier alpha value is -1.19. The highest BCUT2D eigenvalue weighted by molar-refractivity contribution is 7.89. The minimum Gasteiger partial charge on any atom is -0.495 e. The Labute approximate surface area is 124 Å². The molecular formula is C13H21NO6S. The Bertz CT molecular complexity index is 546. The second kappa shape index (κ2) is 8.30. The number of hydrogen-bond donors (Lipinski definition) is 2. The van der Waals surface area contributed by atoms with Crippen LogP contribution in [0, 0.1) is 0 Å². The number of sulfonamides is 1. The minimum atomic E-state index is -3.74. The van der Waals surface area contributed by atoms with E-state index >= 15 is 0 Å². The van der Waals surface area contributed by atoms with Gasteiger partial charge in [-0.05, 0) is 17.7 Å². The van der Waals surface area contributed by atoms with Crippen LogP contribution in [-0.4, -0.2) is 54.1 Å². The van der Waals surface area contributed by atoms with Gasteiger partial charge in [-0.15, -0.1) is 0 Å². The van der Waals surface area contributed by atoms with Crippen molar-refractivity contribution in [3.05, 3.63) is 23.8 Å². The fraction of sp³-hybridized carbons (Fsp3) is 0.538. The normalized spacial score (nSPS) is 13.1. The van der Waals surface area contributed by atoms with E-state index in [0.717, 1.165) is 0 Å². The van der Waals surface area contributed by atoms with Crippen molar-refractivity contribution in [3.8, 4) is 5.75 Å². The number of aliphatic hydroxyl groups excluding tert-OH is 1. The van der Waals surface area contributed by atoms with Gasteiger partial charge in [0.2, 0.25) is 10.0 Å². The van der Waals surface area contributed by atoms with Crippen LogP contribution in [-0.2, 0) is 26.1 Å². The van der Waals surface area contributed by atoms with Gasteiger partial charge in [0, 0.05) is 20.8 Å². The summed E-state index contributed by atoms with van der Waals surface area (Å²) in [6.07, 6.45) is -0.382. The summed E-state index contributed by atoms with van der Waals surface area (Å²) in [7, 11) is 0.622. The summed E-state index contributed by atoms with van der Waals surface area (Å²) < 4.78 is 42.1. The van der Waals surface area contributed by atoms with Crippen molar-refractivity contribution in [1.29, 1.82) is 0 Å². The first-order valence-corrected chi connectivity index (χ1v) is 7.76. The highest BCUT2D eigenvalue weighted by Crippen LogP contribution is 2.24. The Balaban J connectivity index is 2.92.